The third-order valence-electron chi connectivity index (χ3n) is 2.76. The maximum absolute atomic E-state index is 12.3. The molecule has 2 N–H and O–H groups in total. The Balaban J connectivity index is 2.18. The topological polar surface area (TPSA) is 59.2 Å². The number of hydrogen-bond donors (Lipinski definition) is 1. The first-order valence-corrected chi connectivity index (χ1v) is 6.16. The van der Waals surface area contributed by atoms with Gasteiger partial charge in [0.1, 0.15) is 0 Å². The van der Waals surface area contributed by atoms with Gasteiger partial charge in [0, 0.05) is 13.2 Å². The molecular weight excluding hydrogens is 262 g/mol. The summed E-state index contributed by atoms with van der Waals surface area (Å²) >= 11 is 5.91. The van der Waals surface area contributed by atoms with Gasteiger partial charge in [-0.15, -0.1) is 0 Å². The van der Waals surface area contributed by atoms with E-state index in [1.807, 2.05) is 18.2 Å². The number of aromatic nitrogens is 1. The Bertz CT molecular complexity index is 586. The van der Waals surface area contributed by atoms with Gasteiger partial charge in [-0.25, -0.2) is 0 Å². The predicted octanol–water partition coefficient (Wildman–Crippen LogP) is 2.59. The molecule has 0 radical (unpaired) electrons. The molecule has 0 saturated carbocycles. The lowest BCUT2D eigenvalue weighted by Crippen LogP contribution is -2.27. The summed E-state index contributed by atoms with van der Waals surface area (Å²) in [5, 5.41) is 0.386. The molecule has 0 fully saturated rings. The van der Waals surface area contributed by atoms with Gasteiger partial charge in [-0.2, -0.15) is 0 Å². The van der Waals surface area contributed by atoms with Crippen LogP contribution in [-0.4, -0.2) is 22.8 Å². The van der Waals surface area contributed by atoms with Crippen LogP contribution in [-0.2, 0) is 6.54 Å². The Labute approximate surface area is 116 Å². The third kappa shape index (κ3) is 3.03. The molecule has 1 aromatic carbocycles. The van der Waals surface area contributed by atoms with Crippen molar-refractivity contribution in [1.82, 2.24) is 9.88 Å². The van der Waals surface area contributed by atoms with E-state index in [0.717, 1.165) is 5.69 Å². The summed E-state index contributed by atoms with van der Waals surface area (Å²) in [5.74, 6) is -0.175. The monoisotopic (exact) mass is 275 g/mol. The van der Waals surface area contributed by atoms with Gasteiger partial charge in [0.15, 0.2) is 0 Å². The molecule has 0 spiro atoms. The molecule has 1 aromatic heterocycles. The number of nitrogen functional groups attached to an aromatic ring is 1. The molecule has 0 bridgehead atoms. The number of anilines is 1. The minimum absolute atomic E-state index is 0.175. The second kappa shape index (κ2) is 5.71. The number of carbonyl (C=O) groups excluding carboxylic acids is 1. The normalized spacial score (nSPS) is 10.2. The van der Waals surface area contributed by atoms with Crippen LogP contribution in [0, 0.1) is 0 Å². The second-order valence-corrected chi connectivity index (χ2v) is 4.59. The van der Waals surface area contributed by atoms with E-state index in [1.165, 1.54) is 0 Å². The van der Waals surface area contributed by atoms with Gasteiger partial charge >= 0.3 is 0 Å². The molecule has 0 aliphatic rings. The first-order valence-electron chi connectivity index (χ1n) is 5.79. The van der Waals surface area contributed by atoms with Crippen LogP contribution in [0.15, 0.2) is 42.6 Å². The summed E-state index contributed by atoms with van der Waals surface area (Å²) in [5.41, 5.74) is 7.35. The first-order chi connectivity index (χ1) is 9.09. The van der Waals surface area contributed by atoms with Crippen molar-refractivity contribution in [2.75, 3.05) is 12.8 Å². The van der Waals surface area contributed by atoms with Crippen molar-refractivity contribution in [3.8, 4) is 0 Å². The highest BCUT2D eigenvalue weighted by Gasteiger charge is 2.16. The maximum atomic E-state index is 12.3. The Morgan fingerprint density at radius 3 is 2.79 bits per heavy atom. The summed E-state index contributed by atoms with van der Waals surface area (Å²) in [6, 6.07) is 10.6. The van der Waals surface area contributed by atoms with Gasteiger partial charge in [0.25, 0.3) is 5.91 Å². The van der Waals surface area contributed by atoms with E-state index < -0.39 is 0 Å². The molecule has 0 unspecified atom stereocenters. The standard InChI is InChI=1S/C14H14ClN3O/c1-18(9-10-5-2-3-8-17-10)14(19)11-6-4-7-12(15)13(11)16/h2-8H,9,16H2,1H3. The number of amides is 1. The quantitative estimate of drug-likeness (QED) is 0.876. The van der Waals surface area contributed by atoms with E-state index >= 15 is 0 Å². The number of para-hydroxylation sites is 1. The smallest absolute Gasteiger partial charge is 0.256 e. The lowest BCUT2D eigenvalue weighted by molar-refractivity contribution is 0.0784. The zero-order chi connectivity index (χ0) is 13.8. The van der Waals surface area contributed by atoms with Crippen molar-refractivity contribution in [1.29, 1.82) is 0 Å². The molecule has 0 aliphatic heterocycles. The number of pyridine rings is 1. The summed E-state index contributed by atoms with van der Waals surface area (Å²) in [6.45, 7) is 0.422. The highest BCUT2D eigenvalue weighted by molar-refractivity contribution is 6.33. The van der Waals surface area contributed by atoms with Gasteiger partial charge in [-0.05, 0) is 24.3 Å². The van der Waals surface area contributed by atoms with Gasteiger partial charge in [0.2, 0.25) is 0 Å². The van der Waals surface area contributed by atoms with Crippen molar-refractivity contribution in [3.05, 3.63) is 58.9 Å². The number of hydrogen-bond acceptors (Lipinski definition) is 3. The summed E-state index contributed by atoms with van der Waals surface area (Å²) in [6.07, 6.45) is 1.70. The highest BCUT2D eigenvalue weighted by atomic mass is 35.5. The van der Waals surface area contributed by atoms with Crippen LogP contribution in [0.3, 0.4) is 0 Å². The van der Waals surface area contributed by atoms with E-state index in [2.05, 4.69) is 4.98 Å². The molecule has 2 rings (SSSR count). The Hall–Kier alpha value is -2.07. The fraction of sp³-hybridized carbons (Fsp3) is 0.143. The second-order valence-electron chi connectivity index (χ2n) is 4.18. The molecule has 4 nitrogen and oxygen atoms in total. The maximum Gasteiger partial charge on any atom is 0.256 e. The zero-order valence-corrected chi connectivity index (χ0v) is 11.3. The van der Waals surface area contributed by atoms with Gasteiger partial charge < -0.3 is 10.6 Å². The van der Waals surface area contributed by atoms with E-state index in [-0.39, 0.29) is 5.91 Å². The first kappa shape index (κ1) is 13.4. The SMILES string of the molecule is CN(Cc1ccccn1)C(=O)c1cccc(Cl)c1N. The van der Waals surface area contributed by atoms with Gasteiger partial charge in [-0.1, -0.05) is 23.7 Å². The van der Waals surface area contributed by atoms with Crippen LogP contribution in [0.25, 0.3) is 0 Å². The van der Waals surface area contributed by atoms with Crippen molar-refractivity contribution < 1.29 is 4.79 Å². The fourth-order valence-electron chi connectivity index (χ4n) is 1.74. The fourth-order valence-corrected chi connectivity index (χ4v) is 1.91. The van der Waals surface area contributed by atoms with Crippen molar-refractivity contribution >= 4 is 23.2 Å². The molecule has 1 amide bonds. The van der Waals surface area contributed by atoms with E-state index in [4.69, 9.17) is 17.3 Å². The van der Waals surface area contributed by atoms with Crippen LogP contribution in [0.5, 0.6) is 0 Å². The Morgan fingerprint density at radius 2 is 2.11 bits per heavy atom. The molecule has 1 heterocycles. The number of rotatable bonds is 3. The molecular formula is C14H14ClN3O. The van der Waals surface area contributed by atoms with E-state index in [9.17, 15) is 4.79 Å². The highest BCUT2D eigenvalue weighted by Crippen LogP contribution is 2.23. The largest absolute Gasteiger partial charge is 0.397 e. The van der Waals surface area contributed by atoms with Crippen LogP contribution in [0.1, 0.15) is 16.1 Å². The van der Waals surface area contributed by atoms with Crippen molar-refractivity contribution in [2.45, 2.75) is 6.54 Å². The van der Waals surface area contributed by atoms with Gasteiger partial charge in [0.05, 0.1) is 28.5 Å². The van der Waals surface area contributed by atoms with Crippen LogP contribution >= 0.6 is 11.6 Å². The number of halogens is 1. The lowest BCUT2D eigenvalue weighted by atomic mass is 10.1. The average Bonchev–Trinajstić information content (AvgIpc) is 2.42. The molecule has 0 atom stereocenters. The summed E-state index contributed by atoms with van der Waals surface area (Å²) in [7, 11) is 1.71. The van der Waals surface area contributed by atoms with E-state index in [1.54, 1.807) is 36.3 Å². The number of nitrogens with zero attached hydrogens (tertiary/aromatic N) is 2. The minimum atomic E-state index is -0.175. The van der Waals surface area contributed by atoms with Crippen molar-refractivity contribution in [3.63, 3.8) is 0 Å². The molecule has 5 heteroatoms. The minimum Gasteiger partial charge on any atom is -0.397 e. The number of benzene rings is 1. The van der Waals surface area contributed by atoms with Crippen molar-refractivity contribution in [2.24, 2.45) is 0 Å². The number of nitrogens with two attached hydrogens (primary N) is 1. The average molecular weight is 276 g/mol. The number of carbonyl (C=O) groups is 1. The summed E-state index contributed by atoms with van der Waals surface area (Å²) < 4.78 is 0. The third-order valence-corrected chi connectivity index (χ3v) is 3.08. The molecule has 98 valence electrons. The summed E-state index contributed by atoms with van der Waals surface area (Å²) in [4.78, 5) is 18.0. The van der Waals surface area contributed by atoms with Crippen LogP contribution in [0.4, 0.5) is 5.69 Å². The Morgan fingerprint density at radius 1 is 1.32 bits per heavy atom. The van der Waals surface area contributed by atoms with Crippen LogP contribution < -0.4 is 5.73 Å². The molecule has 19 heavy (non-hydrogen) atoms. The van der Waals surface area contributed by atoms with Gasteiger partial charge in [-0.3, -0.25) is 9.78 Å². The predicted molar refractivity (Wildman–Crippen MR) is 75.9 cm³/mol. The molecule has 0 aliphatic carbocycles. The molecule has 2 aromatic rings. The van der Waals surface area contributed by atoms with Crippen LogP contribution in [0.2, 0.25) is 5.02 Å². The Kier molecular flexibility index (Phi) is 4.02. The molecule has 0 saturated heterocycles. The zero-order valence-electron chi connectivity index (χ0n) is 10.5. The van der Waals surface area contributed by atoms with E-state index in [0.29, 0.717) is 22.8 Å². The lowest BCUT2D eigenvalue weighted by Gasteiger charge is -2.18.